The van der Waals surface area contributed by atoms with Crippen LogP contribution in [0.2, 0.25) is 0 Å². The van der Waals surface area contributed by atoms with Gasteiger partial charge in [-0.05, 0) is 19.3 Å². The predicted molar refractivity (Wildman–Crippen MR) is 58.9 cm³/mol. The van der Waals surface area contributed by atoms with Gasteiger partial charge in [-0.15, -0.1) is 10.2 Å². The summed E-state index contributed by atoms with van der Waals surface area (Å²) >= 11 is 0. The molecule has 0 atom stereocenters. The minimum atomic E-state index is -0.0770. The molecule has 1 saturated carbocycles. The molecule has 88 valence electrons. The summed E-state index contributed by atoms with van der Waals surface area (Å²) in [5.41, 5.74) is 0. The molecule has 0 saturated heterocycles. The molecular formula is C10H17N5O. The van der Waals surface area contributed by atoms with E-state index in [-0.39, 0.29) is 6.03 Å². The normalized spacial score (nSPS) is 15.6. The smallest absolute Gasteiger partial charge is 0.315 e. The Morgan fingerprint density at radius 1 is 1.62 bits per heavy atom. The molecule has 6 heteroatoms. The largest absolute Gasteiger partial charge is 0.338 e. The molecule has 0 bridgehead atoms. The van der Waals surface area contributed by atoms with Gasteiger partial charge in [-0.2, -0.15) is 0 Å². The molecule has 2 N–H and O–H groups in total. The Labute approximate surface area is 94.4 Å². The lowest BCUT2D eigenvalue weighted by Crippen LogP contribution is -2.45. The average Bonchev–Trinajstić information content (AvgIpc) is 2.59. The number of aryl methyl sites for hydroxylation is 1. The van der Waals surface area contributed by atoms with Gasteiger partial charge < -0.3 is 15.2 Å². The summed E-state index contributed by atoms with van der Waals surface area (Å²) < 4.78 is 1.85. The third kappa shape index (κ3) is 2.71. The van der Waals surface area contributed by atoms with E-state index >= 15 is 0 Å². The van der Waals surface area contributed by atoms with Crippen LogP contribution in [0, 0.1) is 0 Å². The molecule has 6 nitrogen and oxygen atoms in total. The highest BCUT2D eigenvalue weighted by Gasteiger charge is 2.18. The number of carbonyl (C=O) groups is 1. The zero-order valence-electron chi connectivity index (χ0n) is 9.44. The monoisotopic (exact) mass is 223 g/mol. The minimum Gasteiger partial charge on any atom is -0.338 e. The van der Waals surface area contributed by atoms with Gasteiger partial charge in [0.2, 0.25) is 0 Å². The SMILES string of the molecule is Cn1cnnc1CCNC(=O)NC1CCC1. The lowest BCUT2D eigenvalue weighted by atomic mass is 9.93. The third-order valence-corrected chi connectivity index (χ3v) is 2.88. The predicted octanol–water partition coefficient (Wildman–Crippen LogP) is 0.209. The first-order valence-electron chi connectivity index (χ1n) is 5.63. The Bertz CT molecular complexity index is 358. The summed E-state index contributed by atoms with van der Waals surface area (Å²) in [5, 5.41) is 13.5. The zero-order valence-corrected chi connectivity index (χ0v) is 9.44. The molecule has 0 aliphatic heterocycles. The van der Waals surface area contributed by atoms with Gasteiger partial charge in [-0.3, -0.25) is 0 Å². The van der Waals surface area contributed by atoms with Crippen LogP contribution in [0.25, 0.3) is 0 Å². The molecule has 2 rings (SSSR count). The van der Waals surface area contributed by atoms with Crippen LogP contribution >= 0.6 is 0 Å². The second-order valence-electron chi connectivity index (χ2n) is 4.14. The Morgan fingerprint density at radius 3 is 3.00 bits per heavy atom. The summed E-state index contributed by atoms with van der Waals surface area (Å²) in [5.74, 6) is 0.879. The molecule has 1 heterocycles. The molecule has 1 aliphatic carbocycles. The second kappa shape index (κ2) is 4.96. The quantitative estimate of drug-likeness (QED) is 0.766. The molecule has 16 heavy (non-hydrogen) atoms. The van der Waals surface area contributed by atoms with Crippen molar-refractivity contribution in [1.29, 1.82) is 0 Å². The van der Waals surface area contributed by atoms with Crippen LogP contribution in [-0.2, 0) is 13.5 Å². The first-order chi connectivity index (χ1) is 7.75. The van der Waals surface area contributed by atoms with E-state index in [9.17, 15) is 4.79 Å². The number of urea groups is 1. The first kappa shape index (κ1) is 10.9. The number of carbonyl (C=O) groups excluding carboxylic acids is 1. The maximum atomic E-state index is 11.4. The number of aromatic nitrogens is 3. The molecule has 0 spiro atoms. The molecule has 0 radical (unpaired) electrons. The van der Waals surface area contributed by atoms with Gasteiger partial charge in [-0.25, -0.2) is 4.79 Å². The van der Waals surface area contributed by atoms with Crippen molar-refractivity contribution in [2.24, 2.45) is 7.05 Å². The Hall–Kier alpha value is -1.59. The third-order valence-electron chi connectivity index (χ3n) is 2.88. The van der Waals surface area contributed by atoms with E-state index in [4.69, 9.17) is 0 Å². The van der Waals surface area contributed by atoms with Crippen molar-refractivity contribution in [1.82, 2.24) is 25.4 Å². The molecule has 2 amide bonds. The van der Waals surface area contributed by atoms with Crippen LogP contribution in [0.3, 0.4) is 0 Å². The Kier molecular flexibility index (Phi) is 3.38. The lowest BCUT2D eigenvalue weighted by Gasteiger charge is -2.26. The van der Waals surface area contributed by atoms with Gasteiger partial charge in [0, 0.05) is 26.1 Å². The number of nitrogens with zero attached hydrogens (tertiary/aromatic N) is 3. The Balaban J connectivity index is 1.63. The maximum Gasteiger partial charge on any atom is 0.315 e. The standard InChI is InChI=1S/C10H17N5O/c1-15-7-12-14-9(15)5-6-11-10(16)13-8-3-2-4-8/h7-8H,2-6H2,1H3,(H2,11,13,16). The molecular weight excluding hydrogens is 206 g/mol. The number of rotatable bonds is 4. The van der Waals surface area contributed by atoms with Crippen LogP contribution in [0.5, 0.6) is 0 Å². The van der Waals surface area contributed by atoms with Gasteiger partial charge in [0.05, 0.1) is 0 Å². The van der Waals surface area contributed by atoms with E-state index in [1.807, 2.05) is 11.6 Å². The summed E-state index contributed by atoms with van der Waals surface area (Å²) in [6, 6.07) is 0.307. The molecule has 0 aromatic carbocycles. The van der Waals surface area contributed by atoms with Gasteiger partial charge in [0.15, 0.2) is 0 Å². The molecule has 0 unspecified atom stereocenters. The summed E-state index contributed by atoms with van der Waals surface area (Å²) in [6.07, 6.45) is 5.80. The Morgan fingerprint density at radius 2 is 2.44 bits per heavy atom. The second-order valence-corrected chi connectivity index (χ2v) is 4.14. The van der Waals surface area contributed by atoms with Crippen molar-refractivity contribution in [2.45, 2.75) is 31.7 Å². The van der Waals surface area contributed by atoms with E-state index in [0.717, 1.165) is 18.7 Å². The van der Waals surface area contributed by atoms with Crippen LogP contribution in [-0.4, -0.2) is 33.4 Å². The van der Waals surface area contributed by atoms with Crippen molar-refractivity contribution < 1.29 is 4.79 Å². The van der Waals surface area contributed by atoms with Crippen LogP contribution in [0.1, 0.15) is 25.1 Å². The van der Waals surface area contributed by atoms with Gasteiger partial charge in [0.25, 0.3) is 0 Å². The number of amides is 2. The van der Waals surface area contributed by atoms with Crippen molar-refractivity contribution in [3.63, 3.8) is 0 Å². The highest BCUT2D eigenvalue weighted by Crippen LogP contribution is 2.17. The summed E-state index contributed by atoms with van der Waals surface area (Å²) in [6.45, 7) is 0.588. The fraction of sp³-hybridized carbons (Fsp3) is 0.700. The zero-order chi connectivity index (χ0) is 11.4. The molecule has 1 fully saturated rings. The van der Waals surface area contributed by atoms with E-state index in [2.05, 4.69) is 20.8 Å². The van der Waals surface area contributed by atoms with Gasteiger partial charge in [-0.1, -0.05) is 0 Å². The van der Waals surface area contributed by atoms with E-state index in [0.29, 0.717) is 19.0 Å². The van der Waals surface area contributed by atoms with E-state index in [1.54, 1.807) is 6.33 Å². The van der Waals surface area contributed by atoms with Crippen LogP contribution in [0.15, 0.2) is 6.33 Å². The fourth-order valence-electron chi connectivity index (χ4n) is 1.61. The fourth-order valence-corrected chi connectivity index (χ4v) is 1.61. The highest BCUT2D eigenvalue weighted by atomic mass is 16.2. The van der Waals surface area contributed by atoms with Crippen molar-refractivity contribution in [3.05, 3.63) is 12.2 Å². The number of nitrogens with one attached hydrogen (secondary N) is 2. The average molecular weight is 223 g/mol. The van der Waals surface area contributed by atoms with Crippen molar-refractivity contribution in [2.75, 3.05) is 6.54 Å². The maximum absolute atomic E-state index is 11.4. The topological polar surface area (TPSA) is 71.8 Å². The first-order valence-corrected chi connectivity index (χ1v) is 5.63. The minimum absolute atomic E-state index is 0.0770. The molecule has 1 aliphatic rings. The van der Waals surface area contributed by atoms with Crippen molar-refractivity contribution in [3.8, 4) is 0 Å². The van der Waals surface area contributed by atoms with Crippen LogP contribution in [0.4, 0.5) is 4.79 Å². The van der Waals surface area contributed by atoms with Crippen LogP contribution < -0.4 is 10.6 Å². The summed E-state index contributed by atoms with van der Waals surface area (Å²) in [7, 11) is 1.89. The number of hydrogen-bond acceptors (Lipinski definition) is 3. The number of hydrogen-bond donors (Lipinski definition) is 2. The van der Waals surface area contributed by atoms with E-state index in [1.165, 1.54) is 6.42 Å². The van der Waals surface area contributed by atoms with E-state index < -0.39 is 0 Å². The highest BCUT2D eigenvalue weighted by molar-refractivity contribution is 5.74. The molecule has 1 aromatic heterocycles. The lowest BCUT2D eigenvalue weighted by molar-refractivity contribution is 0.228. The van der Waals surface area contributed by atoms with Gasteiger partial charge >= 0.3 is 6.03 Å². The summed E-state index contributed by atoms with van der Waals surface area (Å²) in [4.78, 5) is 11.4. The van der Waals surface area contributed by atoms with Crippen molar-refractivity contribution >= 4 is 6.03 Å². The van der Waals surface area contributed by atoms with Gasteiger partial charge in [0.1, 0.15) is 12.2 Å². The molecule has 1 aromatic rings.